The van der Waals surface area contributed by atoms with Crippen LogP contribution in [0.4, 0.5) is 0 Å². The molecule has 0 aliphatic carbocycles. The second-order valence-corrected chi connectivity index (χ2v) is 4.57. The lowest BCUT2D eigenvalue weighted by atomic mass is 10.1. The van der Waals surface area contributed by atoms with Gasteiger partial charge in [0.05, 0.1) is 26.9 Å². The van der Waals surface area contributed by atoms with Gasteiger partial charge in [0.15, 0.2) is 0 Å². The van der Waals surface area contributed by atoms with Gasteiger partial charge >= 0.3 is 5.97 Å². The first-order valence-corrected chi connectivity index (χ1v) is 6.82. The van der Waals surface area contributed by atoms with Crippen molar-refractivity contribution in [3.05, 3.63) is 17.7 Å². The molecule has 0 spiro atoms. The Morgan fingerprint density at radius 3 is 2.14 bits per heavy atom. The largest absolute Gasteiger partial charge is 0.496 e. The van der Waals surface area contributed by atoms with Crippen molar-refractivity contribution in [2.24, 2.45) is 0 Å². The molecule has 1 aromatic rings. The normalized spacial score (nSPS) is 11.8. The maximum Gasteiger partial charge on any atom is 0.320 e. The van der Waals surface area contributed by atoms with Crippen LogP contribution in [0.5, 0.6) is 17.2 Å². The number of methoxy groups -OCH3 is 3. The molecule has 0 fully saturated rings. The zero-order valence-electron chi connectivity index (χ0n) is 12.9. The molecule has 0 saturated carbocycles. The smallest absolute Gasteiger partial charge is 0.320 e. The summed E-state index contributed by atoms with van der Waals surface area (Å²) < 4.78 is 15.9. The van der Waals surface area contributed by atoms with Gasteiger partial charge in [0.2, 0.25) is 0 Å². The third-order valence-electron chi connectivity index (χ3n) is 3.22. The van der Waals surface area contributed by atoms with Crippen LogP contribution in [0.25, 0.3) is 0 Å². The molecule has 0 radical (unpaired) electrons. The molecule has 0 aromatic heterocycles. The van der Waals surface area contributed by atoms with Gasteiger partial charge in [-0.1, -0.05) is 13.3 Å². The monoisotopic (exact) mass is 297 g/mol. The molecule has 6 nitrogen and oxygen atoms in total. The summed E-state index contributed by atoms with van der Waals surface area (Å²) in [5.74, 6) is 0.956. The van der Waals surface area contributed by atoms with Crippen LogP contribution in [-0.4, -0.2) is 38.4 Å². The number of hydrogen-bond donors (Lipinski definition) is 2. The van der Waals surface area contributed by atoms with Crippen molar-refractivity contribution in [3.8, 4) is 17.2 Å². The molecule has 0 bridgehead atoms. The maximum absolute atomic E-state index is 11.2. The Hall–Kier alpha value is -1.95. The summed E-state index contributed by atoms with van der Waals surface area (Å²) in [5.41, 5.74) is 0.767. The van der Waals surface area contributed by atoms with Crippen molar-refractivity contribution in [2.45, 2.75) is 32.4 Å². The van der Waals surface area contributed by atoms with E-state index in [9.17, 15) is 9.90 Å². The summed E-state index contributed by atoms with van der Waals surface area (Å²) in [6.07, 6.45) is 1.36. The van der Waals surface area contributed by atoms with Crippen molar-refractivity contribution >= 4 is 5.97 Å². The molecule has 6 heteroatoms. The molecular formula is C15H23NO5. The molecule has 0 aliphatic rings. The van der Waals surface area contributed by atoms with Crippen LogP contribution in [0.15, 0.2) is 12.1 Å². The minimum Gasteiger partial charge on any atom is -0.496 e. The minimum atomic E-state index is -0.858. The Morgan fingerprint density at radius 2 is 1.76 bits per heavy atom. The number of hydrogen-bond acceptors (Lipinski definition) is 5. The molecule has 2 N–H and O–H groups in total. The summed E-state index contributed by atoms with van der Waals surface area (Å²) >= 11 is 0. The SMILES string of the molecule is CCCC(NCc1c(OC)cc(OC)cc1OC)C(=O)O. The minimum absolute atomic E-state index is 0.341. The highest BCUT2D eigenvalue weighted by molar-refractivity contribution is 5.73. The number of nitrogens with one attached hydrogen (secondary N) is 1. The van der Waals surface area contributed by atoms with Crippen LogP contribution in [0.2, 0.25) is 0 Å². The molecule has 1 rings (SSSR count). The Morgan fingerprint density at radius 1 is 1.19 bits per heavy atom. The molecular weight excluding hydrogens is 274 g/mol. The number of aliphatic carboxylic acids is 1. The van der Waals surface area contributed by atoms with Crippen molar-refractivity contribution in [2.75, 3.05) is 21.3 Å². The zero-order chi connectivity index (χ0) is 15.8. The third-order valence-corrected chi connectivity index (χ3v) is 3.22. The first kappa shape index (κ1) is 17.1. The summed E-state index contributed by atoms with van der Waals surface area (Å²) in [4.78, 5) is 11.2. The van der Waals surface area contributed by atoms with E-state index in [1.807, 2.05) is 6.92 Å². The third kappa shape index (κ3) is 4.53. The van der Waals surface area contributed by atoms with Gasteiger partial charge in [-0.2, -0.15) is 0 Å². The van der Waals surface area contributed by atoms with Gasteiger partial charge in [-0.3, -0.25) is 4.79 Å². The van der Waals surface area contributed by atoms with Crippen LogP contribution in [0, 0.1) is 0 Å². The molecule has 0 aliphatic heterocycles. The second kappa shape index (κ2) is 8.36. The molecule has 1 atom stereocenters. The number of carboxylic acid groups (broad SMARTS) is 1. The molecule has 0 amide bonds. The van der Waals surface area contributed by atoms with E-state index in [1.165, 1.54) is 0 Å². The number of carboxylic acids is 1. The second-order valence-electron chi connectivity index (χ2n) is 4.57. The summed E-state index contributed by atoms with van der Waals surface area (Å²) in [6, 6.07) is 2.90. The van der Waals surface area contributed by atoms with Gasteiger partial charge in [-0.25, -0.2) is 0 Å². The molecule has 0 saturated heterocycles. The fraction of sp³-hybridized carbons (Fsp3) is 0.533. The van der Waals surface area contributed by atoms with Gasteiger partial charge in [-0.15, -0.1) is 0 Å². The van der Waals surface area contributed by atoms with Gasteiger partial charge in [0.25, 0.3) is 0 Å². The average Bonchev–Trinajstić information content (AvgIpc) is 2.50. The van der Waals surface area contributed by atoms with Gasteiger partial charge in [0, 0.05) is 18.7 Å². The van der Waals surface area contributed by atoms with Crippen LogP contribution in [0.3, 0.4) is 0 Å². The lowest BCUT2D eigenvalue weighted by Gasteiger charge is -2.18. The van der Waals surface area contributed by atoms with Gasteiger partial charge in [-0.05, 0) is 6.42 Å². The van der Waals surface area contributed by atoms with Gasteiger partial charge in [0.1, 0.15) is 23.3 Å². The maximum atomic E-state index is 11.2. The van der Waals surface area contributed by atoms with E-state index >= 15 is 0 Å². The molecule has 118 valence electrons. The van der Waals surface area contributed by atoms with Crippen LogP contribution < -0.4 is 19.5 Å². The summed E-state index contributed by atoms with van der Waals surface area (Å²) in [7, 11) is 4.67. The quantitative estimate of drug-likeness (QED) is 0.726. The fourth-order valence-corrected chi connectivity index (χ4v) is 2.08. The highest BCUT2D eigenvalue weighted by atomic mass is 16.5. The average molecular weight is 297 g/mol. The summed E-state index contributed by atoms with van der Waals surface area (Å²) in [6.45, 7) is 2.29. The Balaban J connectivity index is 2.97. The summed E-state index contributed by atoms with van der Waals surface area (Å²) in [5, 5.41) is 12.2. The highest BCUT2D eigenvalue weighted by Crippen LogP contribution is 2.33. The molecule has 21 heavy (non-hydrogen) atoms. The van der Waals surface area contributed by atoms with E-state index in [0.29, 0.717) is 30.2 Å². The van der Waals surface area contributed by atoms with E-state index in [0.717, 1.165) is 12.0 Å². The fourth-order valence-electron chi connectivity index (χ4n) is 2.08. The standard InChI is InChI=1S/C15H23NO5/c1-5-6-12(15(17)18)16-9-11-13(20-3)7-10(19-2)8-14(11)21-4/h7-8,12,16H,5-6,9H2,1-4H3,(H,17,18). The highest BCUT2D eigenvalue weighted by Gasteiger charge is 2.19. The number of ether oxygens (including phenoxy) is 3. The predicted molar refractivity (Wildman–Crippen MR) is 79.3 cm³/mol. The van der Waals surface area contributed by atoms with E-state index in [4.69, 9.17) is 14.2 Å². The van der Waals surface area contributed by atoms with E-state index in [1.54, 1.807) is 33.5 Å². The van der Waals surface area contributed by atoms with E-state index in [2.05, 4.69) is 5.32 Å². The Labute approximate surface area is 125 Å². The van der Waals surface area contributed by atoms with Crippen molar-refractivity contribution in [3.63, 3.8) is 0 Å². The van der Waals surface area contributed by atoms with Crippen LogP contribution in [0.1, 0.15) is 25.3 Å². The Kier molecular flexibility index (Phi) is 6.81. The van der Waals surface area contributed by atoms with Gasteiger partial charge < -0.3 is 24.6 Å². The topological polar surface area (TPSA) is 77.0 Å². The lowest BCUT2D eigenvalue weighted by molar-refractivity contribution is -0.139. The molecule has 1 aromatic carbocycles. The van der Waals surface area contributed by atoms with Crippen molar-refractivity contribution in [1.29, 1.82) is 0 Å². The number of rotatable bonds is 9. The van der Waals surface area contributed by atoms with Crippen LogP contribution >= 0.6 is 0 Å². The molecule has 1 unspecified atom stereocenters. The number of benzene rings is 1. The van der Waals surface area contributed by atoms with Crippen LogP contribution in [-0.2, 0) is 11.3 Å². The predicted octanol–water partition coefficient (Wildman–Crippen LogP) is 2.06. The van der Waals surface area contributed by atoms with Crippen molar-refractivity contribution < 1.29 is 24.1 Å². The Bertz CT molecular complexity index is 450. The first-order chi connectivity index (χ1) is 10.1. The zero-order valence-corrected chi connectivity index (χ0v) is 12.9. The lowest BCUT2D eigenvalue weighted by Crippen LogP contribution is -2.36. The van der Waals surface area contributed by atoms with E-state index in [-0.39, 0.29) is 0 Å². The number of carbonyl (C=O) groups is 1. The van der Waals surface area contributed by atoms with Crippen molar-refractivity contribution in [1.82, 2.24) is 5.32 Å². The van der Waals surface area contributed by atoms with E-state index < -0.39 is 12.0 Å². The first-order valence-electron chi connectivity index (χ1n) is 6.82. The molecule has 0 heterocycles.